The zero-order chi connectivity index (χ0) is 21.0. The van der Waals surface area contributed by atoms with E-state index >= 15 is 0 Å². The fraction of sp³-hybridized carbons (Fsp3) is 0.208. The van der Waals surface area contributed by atoms with E-state index in [4.69, 9.17) is 9.72 Å². The average molecular weight is 415 g/mol. The Hall–Kier alpha value is -3.58. The summed E-state index contributed by atoms with van der Waals surface area (Å²) in [5.74, 6) is 0.395. The van der Waals surface area contributed by atoms with Crippen molar-refractivity contribution in [2.75, 3.05) is 31.2 Å². The van der Waals surface area contributed by atoms with Crippen LogP contribution in [0, 0.1) is 5.82 Å². The highest BCUT2D eigenvalue weighted by Gasteiger charge is 2.18. The van der Waals surface area contributed by atoms with Crippen molar-refractivity contribution in [2.24, 2.45) is 0 Å². The van der Waals surface area contributed by atoms with E-state index in [2.05, 4.69) is 27.1 Å². The standard InChI is InChI=1S/C24H22FN5O/c25-21-8-6-19(7-9-21)22-15-26-24(29-10-12-31-13-11-29)28-23(22)20-14-27-30(17-20)16-18-4-2-1-3-5-18/h1-9,14-15,17H,10-13,16H2. The Balaban J connectivity index is 1.53. The van der Waals surface area contributed by atoms with Crippen LogP contribution in [-0.4, -0.2) is 46.1 Å². The van der Waals surface area contributed by atoms with Crippen molar-refractivity contribution in [2.45, 2.75) is 6.54 Å². The van der Waals surface area contributed by atoms with Crippen LogP contribution in [0.4, 0.5) is 10.3 Å². The van der Waals surface area contributed by atoms with Gasteiger partial charge in [0.15, 0.2) is 0 Å². The molecule has 156 valence electrons. The highest BCUT2D eigenvalue weighted by Crippen LogP contribution is 2.31. The van der Waals surface area contributed by atoms with Crippen LogP contribution in [0.25, 0.3) is 22.4 Å². The topological polar surface area (TPSA) is 56.1 Å². The lowest BCUT2D eigenvalue weighted by atomic mass is 10.0. The van der Waals surface area contributed by atoms with E-state index < -0.39 is 0 Å². The van der Waals surface area contributed by atoms with Gasteiger partial charge in [0.05, 0.1) is 31.6 Å². The van der Waals surface area contributed by atoms with E-state index in [0.29, 0.717) is 25.7 Å². The summed E-state index contributed by atoms with van der Waals surface area (Å²) in [6, 6.07) is 16.6. The lowest BCUT2D eigenvalue weighted by Gasteiger charge is -2.27. The summed E-state index contributed by atoms with van der Waals surface area (Å²) >= 11 is 0. The summed E-state index contributed by atoms with van der Waals surface area (Å²) in [5.41, 5.74) is 4.55. The van der Waals surface area contributed by atoms with Gasteiger partial charge in [0, 0.05) is 36.6 Å². The smallest absolute Gasteiger partial charge is 0.226 e. The quantitative estimate of drug-likeness (QED) is 0.493. The van der Waals surface area contributed by atoms with Gasteiger partial charge in [-0.25, -0.2) is 14.4 Å². The van der Waals surface area contributed by atoms with E-state index in [1.54, 1.807) is 12.1 Å². The van der Waals surface area contributed by atoms with E-state index in [9.17, 15) is 4.39 Å². The molecular formula is C24H22FN5O. The zero-order valence-corrected chi connectivity index (χ0v) is 17.0. The third kappa shape index (κ3) is 4.32. The minimum absolute atomic E-state index is 0.271. The van der Waals surface area contributed by atoms with Crippen molar-refractivity contribution < 1.29 is 9.13 Å². The van der Waals surface area contributed by atoms with Crippen LogP contribution >= 0.6 is 0 Å². The van der Waals surface area contributed by atoms with Gasteiger partial charge in [-0.15, -0.1) is 0 Å². The molecule has 2 aromatic carbocycles. The number of nitrogens with zero attached hydrogens (tertiary/aromatic N) is 5. The molecule has 1 aliphatic heterocycles. The predicted molar refractivity (Wildman–Crippen MR) is 117 cm³/mol. The Morgan fingerprint density at radius 3 is 2.45 bits per heavy atom. The number of rotatable bonds is 5. The van der Waals surface area contributed by atoms with Crippen LogP contribution in [0.2, 0.25) is 0 Å². The summed E-state index contributed by atoms with van der Waals surface area (Å²) in [6.07, 6.45) is 5.63. The number of ether oxygens (including phenoxy) is 1. The Kier molecular flexibility index (Phi) is 5.41. The molecule has 5 rings (SSSR count). The maximum absolute atomic E-state index is 13.5. The number of hydrogen-bond acceptors (Lipinski definition) is 5. The third-order valence-electron chi connectivity index (χ3n) is 5.32. The van der Waals surface area contributed by atoms with Crippen molar-refractivity contribution in [1.29, 1.82) is 0 Å². The number of hydrogen-bond donors (Lipinski definition) is 0. The average Bonchev–Trinajstić information content (AvgIpc) is 3.29. The second kappa shape index (κ2) is 8.65. The molecule has 1 aliphatic rings. The largest absolute Gasteiger partial charge is 0.378 e. The van der Waals surface area contributed by atoms with Gasteiger partial charge in [-0.3, -0.25) is 4.68 Å². The Bertz CT molecular complexity index is 1150. The molecule has 0 aliphatic carbocycles. The minimum atomic E-state index is -0.271. The van der Waals surface area contributed by atoms with Gasteiger partial charge in [-0.1, -0.05) is 42.5 Å². The summed E-state index contributed by atoms with van der Waals surface area (Å²) in [7, 11) is 0. The fourth-order valence-electron chi connectivity index (χ4n) is 3.69. The van der Waals surface area contributed by atoms with E-state index in [1.165, 1.54) is 17.7 Å². The lowest BCUT2D eigenvalue weighted by molar-refractivity contribution is 0.122. The zero-order valence-electron chi connectivity index (χ0n) is 17.0. The number of benzene rings is 2. The molecule has 0 unspecified atom stereocenters. The SMILES string of the molecule is Fc1ccc(-c2cnc(N3CCOCC3)nc2-c2cnn(Cc3ccccc3)c2)cc1. The normalized spacial score (nSPS) is 14.0. The van der Waals surface area contributed by atoms with Crippen molar-refractivity contribution in [3.63, 3.8) is 0 Å². The maximum atomic E-state index is 13.5. The van der Waals surface area contributed by atoms with Crippen LogP contribution < -0.4 is 4.90 Å². The van der Waals surface area contributed by atoms with Gasteiger partial charge in [-0.05, 0) is 23.3 Å². The number of halogens is 1. The first-order valence-electron chi connectivity index (χ1n) is 10.3. The highest BCUT2D eigenvalue weighted by molar-refractivity contribution is 5.80. The van der Waals surface area contributed by atoms with E-state index in [1.807, 2.05) is 41.5 Å². The molecule has 0 saturated carbocycles. The van der Waals surface area contributed by atoms with Crippen LogP contribution in [-0.2, 0) is 11.3 Å². The molecule has 7 heteroatoms. The van der Waals surface area contributed by atoms with Gasteiger partial charge in [0.2, 0.25) is 5.95 Å². The number of aromatic nitrogens is 4. The molecule has 31 heavy (non-hydrogen) atoms. The molecule has 4 aromatic rings. The van der Waals surface area contributed by atoms with Crippen molar-refractivity contribution >= 4 is 5.95 Å². The molecule has 2 aromatic heterocycles. The second-order valence-electron chi connectivity index (χ2n) is 7.45. The fourth-order valence-corrected chi connectivity index (χ4v) is 3.69. The number of morpholine rings is 1. The molecule has 0 radical (unpaired) electrons. The molecule has 0 amide bonds. The summed E-state index contributed by atoms with van der Waals surface area (Å²) in [4.78, 5) is 11.6. The molecule has 0 spiro atoms. The van der Waals surface area contributed by atoms with Crippen molar-refractivity contribution in [3.05, 3.63) is 84.6 Å². The van der Waals surface area contributed by atoms with Gasteiger partial charge in [0.1, 0.15) is 5.82 Å². The molecule has 3 heterocycles. The first-order valence-corrected chi connectivity index (χ1v) is 10.3. The molecule has 6 nitrogen and oxygen atoms in total. The molecule has 0 N–H and O–H groups in total. The second-order valence-corrected chi connectivity index (χ2v) is 7.45. The predicted octanol–water partition coefficient (Wildman–Crippen LogP) is 4.03. The van der Waals surface area contributed by atoms with Crippen LogP contribution in [0.3, 0.4) is 0 Å². The van der Waals surface area contributed by atoms with Gasteiger partial charge >= 0.3 is 0 Å². The monoisotopic (exact) mass is 415 g/mol. The Morgan fingerprint density at radius 2 is 1.68 bits per heavy atom. The molecule has 1 saturated heterocycles. The van der Waals surface area contributed by atoms with Crippen LogP contribution in [0.5, 0.6) is 0 Å². The van der Waals surface area contributed by atoms with E-state index in [0.717, 1.165) is 35.5 Å². The van der Waals surface area contributed by atoms with Gasteiger partial charge in [-0.2, -0.15) is 5.10 Å². The van der Waals surface area contributed by atoms with E-state index in [-0.39, 0.29) is 5.82 Å². The lowest BCUT2D eigenvalue weighted by Crippen LogP contribution is -2.37. The summed E-state index contributed by atoms with van der Waals surface area (Å²) < 4.78 is 20.8. The number of anilines is 1. The third-order valence-corrected chi connectivity index (χ3v) is 5.32. The molecular weight excluding hydrogens is 393 g/mol. The van der Waals surface area contributed by atoms with Gasteiger partial charge < -0.3 is 9.64 Å². The van der Waals surface area contributed by atoms with Gasteiger partial charge in [0.25, 0.3) is 0 Å². The Morgan fingerprint density at radius 1 is 0.903 bits per heavy atom. The Labute approximate surface area is 180 Å². The summed E-state index contributed by atoms with van der Waals surface area (Å²) in [6.45, 7) is 3.50. The first kappa shape index (κ1) is 19.4. The van der Waals surface area contributed by atoms with Crippen LogP contribution in [0.15, 0.2) is 73.2 Å². The van der Waals surface area contributed by atoms with Crippen LogP contribution in [0.1, 0.15) is 5.56 Å². The van der Waals surface area contributed by atoms with Crippen molar-refractivity contribution in [3.8, 4) is 22.4 Å². The maximum Gasteiger partial charge on any atom is 0.226 e. The molecule has 0 bridgehead atoms. The minimum Gasteiger partial charge on any atom is -0.378 e. The first-order chi connectivity index (χ1) is 15.3. The van der Waals surface area contributed by atoms with Crippen molar-refractivity contribution in [1.82, 2.24) is 19.7 Å². The molecule has 0 atom stereocenters. The molecule has 1 fully saturated rings. The summed E-state index contributed by atoms with van der Waals surface area (Å²) in [5, 5.41) is 4.54. The highest BCUT2D eigenvalue weighted by atomic mass is 19.1.